The van der Waals surface area contributed by atoms with E-state index in [-0.39, 0.29) is 25.8 Å². The van der Waals surface area contributed by atoms with Crippen molar-refractivity contribution in [2.24, 2.45) is 5.92 Å². The lowest BCUT2D eigenvalue weighted by Crippen LogP contribution is -2.54. The zero-order valence-corrected chi connectivity index (χ0v) is 15.4. The Morgan fingerprint density at radius 2 is 1.93 bits per heavy atom. The molecule has 1 saturated heterocycles. The van der Waals surface area contributed by atoms with Crippen molar-refractivity contribution in [1.82, 2.24) is 10.2 Å². The molecule has 1 aliphatic rings. The highest BCUT2D eigenvalue weighted by Gasteiger charge is 2.56. The number of amides is 2. The molecule has 2 N–H and O–H groups in total. The number of nitrogens with one attached hydrogen (secondary N) is 1. The summed E-state index contributed by atoms with van der Waals surface area (Å²) in [5, 5.41) is 11.7. The fourth-order valence-corrected chi connectivity index (χ4v) is 3.69. The lowest BCUT2D eigenvalue weighted by atomic mass is 9.88. The van der Waals surface area contributed by atoms with Crippen LogP contribution in [-0.2, 0) is 11.2 Å². The maximum atomic E-state index is 13.2. The number of likely N-dealkylation sites (tertiary alicyclic amines) is 1. The highest BCUT2D eigenvalue weighted by Crippen LogP contribution is 2.44. The fraction of sp³-hybridized carbons (Fsp3) is 0.579. The van der Waals surface area contributed by atoms with Crippen LogP contribution in [0.2, 0.25) is 0 Å². The van der Waals surface area contributed by atoms with E-state index in [1.807, 2.05) is 30.3 Å². The van der Waals surface area contributed by atoms with Crippen molar-refractivity contribution < 1.29 is 27.9 Å². The standard InChI is InChI=1S/C19H25F3N2O3/c1-18(2)15(19(20,21)22)10-11-24(18)17(27)23-14(8-9-16(25)26)12-13-6-4-3-5-7-13/h3-7,14-15H,8-12H2,1-2H3,(H,23,27)(H,25,26). The lowest BCUT2D eigenvalue weighted by Gasteiger charge is -2.37. The van der Waals surface area contributed by atoms with E-state index in [0.717, 1.165) is 5.56 Å². The van der Waals surface area contributed by atoms with Gasteiger partial charge >= 0.3 is 18.2 Å². The van der Waals surface area contributed by atoms with Gasteiger partial charge in [-0.15, -0.1) is 0 Å². The minimum absolute atomic E-state index is 0.0139. The summed E-state index contributed by atoms with van der Waals surface area (Å²) in [5.74, 6) is -2.57. The predicted molar refractivity (Wildman–Crippen MR) is 94.3 cm³/mol. The molecule has 1 aromatic carbocycles. The molecule has 1 aliphatic heterocycles. The van der Waals surface area contributed by atoms with Gasteiger partial charge in [-0.1, -0.05) is 30.3 Å². The van der Waals surface area contributed by atoms with E-state index in [1.165, 1.54) is 18.7 Å². The van der Waals surface area contributed by atoms with Gasteiger partial charge in [0.2, 0.25) is 0 Å². The van der Waals surface area contributed by atoms with E-state index in [2.05, 4.69) is 5.32 Å². The van der Waals surface area contributed by atoms with Crippen molar-refractivity contribution in [2.75, 3.05) is 6.54 Å². The van der Waals surface area contributed by atoms with Gasteiger partial charge in [-0.05, 0) is 38.7 Å². The Balaban J connectivity index is 2.09. The van der Waals surface area contributed by atoms with E-state index in [9.17, 15) is 22.8 Å². The highest BCUT2D eigenvalue weighted by atomic mass is 19.4. The SMILES string of the molecule is CC1(C)C(C(F)(F)F)CCN1C(=O)NC(CCC(=O)O)Cc1ccccc1. The number of halogens is 3. The number of carbonyl (C=O) groups is 2. The molecule has 0 spiro atoms. The monoisotopic (exact) mass is 386 g/mol. The van der Waals surface area contributed by atoms with Crippen LogP contribution in [0.25, 0.3) is 0 Å². The van der Waals surface area contributed by atoms with Crippen molar-refractivity contribution in [2.45, 2.75) is 57.3 Å². The van der Waals surface area contributed by atoms with Crippen molar-refractivity contribution in [3.05, 3.63) is 35.9 Å². The summed E-state index contributed by atoms with van der Waals surface area (Å²) in [6.45, 7) is 2.85. The second kappa shape index (κ2) is 8.19. The van der Waals surface area contributed by atoms with Gasteiger partial charge in [-0.25, -0.2) is 4.79 Å². The van der Waals surface area contributed by atoms with Gasteiger partial charge in [0.05, 0.1) is 11.5 Å². The Morgan fingerprint density at radius 3 is 2.44 bits per heavy atom. The van der Waals surface area contributed by atoms with Crippen molar-refractivity contribution in [3.8, 4) is 0 Å². The molecule has 2 atom stereocenters. The summed E-state index contributed by atoms with van der Waals surface area (Å²) in [4.78, 5) is 24.8. The van der Waals surface area contributed by atoms with E-state index in [0.29, 0.717) is 6.42 Å². The zero-order chi connectivity index (χ0) is 20.2. The maximum absolute atomic E-state index is 13.2. The maximum Gasteiger partial charge on any atom is 0.394 e. The smallest absolute Gasteiger partial charge is 0.394 e. The summed E-state index contributed by atoms with van der Waals surface area (Å²) in [5.41, 5.74) is -0.436. The Kier molecular flexibility index (Phi) is 6.38. The molecule has 27 heavy (non-hydrogen) atoms. The van der Waals surface area contributed by atoms with Gasteiger partial charge in [-0.2, -0.15) is 13.2 Å². The average molecular weight is 386 g/mol. The Hall–Kier alpha value is -2.25. The van der Waals surface area contributed by atoms with Gasteiger partial charge in [0.15, 0.2) is 0 Å². The topological polar surface area (TPSA) is 69.6 Å². The van der Waals surface area contributed by atoms with Crippen LogP contribution in [0.3, 0.4) is 0 Å². The van der Waals surface area contributed by atoms with Crippen LogP contribution < -0.4 is 5.32 Å². The second-order valence-corrected chi connectivity index (χ2v) is 7.46. The van der Waals surface area contributed by atoms with Gasteiger partial charge in [0.25, 0.3) is 0 Å². The first-order valence-electron chi connectivity index (χ1n) is 8.92. The molecule has 2 amide bonds. The van der Waals surface area contributed by atoms with E-state index in [1.54, 1.807) is 0 Å². The van der Waals surface area contributed by atoms with Crippen LogP contribution in [0, 0.1) is 5.92 Å². The molecule has 5 nitrogen and oxygen atoms in total. The summed E-state index contributed by atoms with van der Waals surface area (Å²) in [6, 6.07) is 8.18. The Labute approximate surface area is 156 Å². The third-order valence-corrected chi connectivity index (χ3v) is 5.19. The van der Waals surface area contributed by atoms with Crippen LogP contribution in [0.4, 0.5) is 18.0 Å². The zero-order valence-electron chi connectivity index (χ0n) is 15.4. The number of aliphatic carboxylic acids is 1. The molecule has 0 aliphatic carbocycles. The number of nitrogens with zero attached hydrogens (tertiary/aromatic N) is 1. The number of benzene rings is 1. The largest absolute Gasteiger partial charge is 0.481 e. The van der Waals surface area contributed by atoms with Crippen LogP contribution in [0.15, 0.2) is 30.3 Å². The Morgan fingerprint density at radius 1 is 1.30 bits per heavy atom. The number of hydrogen-bond acceptors (Lipinski definition) is 2. The minimum Gasteiger partial charge on any atom is -0.481 e. The van der Waals surface area contributed by atoms with Gasteiger partial charge in [-0.3, -0.25) is 4.79 Å². The number of rotatable bonds is 6. The van der Waals surface area contributed by atoms with Gasteiger partial charge in [0, 0.05) is 19.0 Å². The molecule has 2 rings (SSSR count). The van der Waals surface area contributed by atoms with Crippen molar-refractivity contribution >= 4 is 12.0 Å². The number of carboxylic acids is 1. The molecule has 150 valence electrons. The number of carbonyl (C=O) groups excluding carboxylic acids is 1. The first kappa shape index (κ1) is 21.1. The predicted octanol–water partition coefficient (Wildman–Crippen LogP) is 3.83. The van der Waals surface area contributed by atoms with Crippen molar-refractivity contribution in [3.63, 3.8) is 0 Å². The first-order chi connectivity index (χ1) is 12.5. The molecule has 0 bridgehead atoms. The fourth-order valence-electron chi connectivity index (χ4n) is 3.69. The number of urea groups is 1. The number of carboxylic acid groups (broad SMARTS) is 1. The normalized spacial score (nSPS) is 20.3. The Bertz CT molecular complexity index is 662. The second-order valence-electron chi connectivity index (χ2n) is 7.46. The summed E-state index contributed by atoms with van der Waals surface area (Å²) in [6.07, 6.45) is -4.02. The summed E-state index contributed by atoms with van der Waals surface area (Å²) >= 11 is 0. The van der Waals surface area contributed by atoms with E-state index < -0.39 is 35.7 Å². The number of hydrogen-bond donors (Lipinski definition) is 2. The molecule has 0 radical (unpaired) electrons. The van der Waals surface area contributed by atoms with Gasteiger partial charge < -0.3 is 15.3 Å². The number of alkyl halides is 3. The van der Waals surface area contributed by atoms with Crippen LogP contribution in [0.5, 0.6) is 0 Å². The first-order valence-corrected chi connectivity index (χ1v) is 8.92. The molecule has 0 aromatic heterocycles. The average Bonchev–Trinajstić information content (AvgIpc) is 2.88. The third kappa shape index (κ3) is 5.37. The molecule has 1 fully saturated rings. The minimum atomic E-state index is -4.37. The van der Waals surface area contributed by atoms with Gasteiger partial charge in [0.1, 0.15) is 0 Å². The molecule has 1 heterocycles. The van der Waals surface area contributed by atoms with Crippen LogP contribution >= 0.6 is 0 Å². The van der Waals surface area contributed by atoms with Crippen LogP contribution in [0.1, 0.15) is 38.7 Å². The summed E-state index contributed by atoms with van der Waals surface area (Å²) in [7, 11) is 0. The molecular weight excluding hydrogens is 361 g/mol. The van der Waals surface area contributed by atoms with Crippen molar-refractivity contribution in [1.29, 1.82) is 0 Å². The molecule has 0 saturated carbocycles. The lowest BCUT2D eigenvalue weighted by molar-refractivity contribution is -0.189. The molecule has 1 aromatic rings. The quantitative estimate of drug-likeness (QED) is 0.781. The molecule has 2 unspecified atom stereocenters. The highest BCUT2D eigenvalue weighted by molar-refractivity contribution is 5.76. The third-order valence-electron chi connectivity index (χ3n) is 5.19. The molecular formula is C19H25F3N2O3. The van der Waals surface area contributed by atoms with Crippen LogP contribution in [-0.4, -0.2) is 46.3 Å². The summed E-state index contributed by atoms with van der Waals surface area (Å²) < 4.78 is 39.7. The van der Waals surface area contributed by atoms with E-state index >= 15 is 0 Å². The molecule has 8 heteroatoms. The van der Waals surface area contributed by atoms with E-state index in [4.69, 9.17) is 5.11 Å².